The Morgan fingerprint density at radius 1 is 0.824 bits per heavy atom. The van der Waals surface area contributed by atoms with Gasteiger partial charge in [0.05, 0.1) is 11.0 Å². The molecular weight excluding hydrogens is 208 g/mol. The van der Waals surface area contributed by atoms with Crippen molar-refractivity contribution in [1.82, 2.24) is 0 Å². The van der Waals surface area contributed by atoms with Crippen LogP contribution >= 0.6 is 0 Å². The Kier molecular flexibility index (Phi) is 6.99. The van der Waals surface area contributed by atoms with Crippen molar-refractivity contribution in [2.45, 2.75) is 77.6 Å². The normalized spacial score (nSPS) is 11.4. The maximum atomic E-state index is 7.40. The molecule has 0 fully saturated rings. The largest absolute Gasteiger partial charge is 0.397 e. The average molecular weight is 236 g/mol. The highest BCUT2D eigenvalue weighted by molar-refractivity contribution is 5.58. The van der Waals surface area contributed by atoms with Crippen molar-refractivity contribution >= 4 is 5.69 Å². The second kappa shape index (κ2) is 8.32. The first-order valence-corrected chi connectivity index (χ1v) is 7.35. The second-order valence-corrected chi connectivity index (χ2v) is 5.20. The molecule has 2 heteroatoms. The van der Waals surface area contributed by atoms with Gasteiger partial charge in [0.15, 0.2) is 0 Å². The maximum Gasteiger partial charge on any atom is 0.0826 e. The molecule has 0 amide bonds. The first-order valence-electron chi connectivity index (χ1n) is 7.35. The Hall–Kier alpha value is -0.790. The van der Waals surface area contributed by atoms with Gasteiger partial charge in [0.2, 0.25) is 0 Å². The summed E-state index contributed by atoms with van der Waals surface area (Å²) in [5.74, 6) is 0. The summed E-state index contributed by atoms with van der Waals surface area (Å²) >= 11 is 0. The van der Waals surface area contributed by atoms with E-state index in [1.54, 1.807) is 0 Å². The summed E-state index contributed by atoms with van der Waals surface area (Å²) in [7, 11) is 0. The van der Waals surface area contributed by atoms with E-state index in [0.29, 0.717) is 5.36 Å². The molecule has 1 aromatic rings. The Labute approximate surface area is 106 Å². The molecule has 0 bridgehead atoms. The Morgan fingerprint density at radius 2 is 1.24 bits per heavy atom. The molecule has 0 aliphatic heterocycles. The lowest BCUT2D eigenvalue weighted by Gasteiger charge is -2.01. The van der Waals surface area contributed by atoms with Crippen LogP contribution in [0, 0.1) is 5.41 Å². The highest BCUT2D eigenvalue weighted by Crippen LogP contribution is 2.16. The summed E-state index contributed by atoms with van der Waals surface area (Å²) in [5.41, 5.74) is 7.48. The van der Waals surface area contributed by atoms with Crippen LogP contribution in [-0.4, -0.2) is 0 Å². The number of rotatable bonds is 11. The number of hydrogen-bond donors (Lipinski definition) is 2. The number of nitrogens with two attached hydrogens (primary N) is 1. The molecule has 0 radical (unpaired) electrons. The van der Waals surface area contributed by atoms with E-state index in [-0.39, 0.29) is 0 Å². The predicted molar refractivity (Wildman–Crippen MR) is 74.6 cm³/mol. The van der Waals surface area contributed by atoms with E-state index in [9.17, 15) is 0 Å². The highest BCUT2D eigenvalue weighted by atomic mass is 14.7. The summed E-state index contributed by atoms with van der Waals surface area (Å²) in [6, 6.07) is 0. The molecular formula is C15H28N2. The molecule has 0 saturated carbocycles. The van der Waals surface area contributed by atoms with E-state index in [1.165, 1.54) is 64.2 Å². The topological polar surface area (TPSA) is 49.9 Å². The lowest BCUT2D eigenvalue weighted by atomic mass is 10.1. The van der Waals surface area contributed by atoms with E-state index in [4.69, 9.17) is 11.1 Å². The molecule has 17 heavy (non-hydrogen) atoms. The third-order valence-electron chi connectivity index (χ3n) is 3.61. The maximum absolute atomic E-state index is 7.40. The first kappa shape index (κ1) is 14.3. The molecule has 1 aromatic carbocycles. The van der Waals surface area contributed by atoms with Crippen LogP contribution in [-0.2, 0) is 6.42 Å². The minimum absolute atomic E-state index is 0.626. The lowest BCUT2D eigenvalue weighted by Crippen LogP contribution is -1.85. The fourth-order valence-electron chi connectivity index (χ4n) is 2.29. The summed E-state index contributed by atoms with van der Waals surface area (Å²) in [6.07, 6.45) is 14.7. The second-order valence-electron chi connectivity index (χ2n) is 5.20. The van der Waals surface area contributed by atoms with Gasteiger partial charge in [-0.3, -0.25) is 5.41 Å². The molecule has 0 atom stereocenters. The van der Waals surface area contributed by atoms with E-state index in [0.717, 1.165) is 17.7 Å². The van der Waals surface area contributed by atoms with E-state index in [1.807, 2.05) is 0 Å². The SMILES string of the molecule is CCCCCCCCCCCCc1c(N)c1=N. The smallest absolute Gasteiger partial charge is 0.0826 e. The Morgan fingerprint density at radius 3 is 1.65 bits per heavy atom. The predicted octanol–water partition coefficient (Wildman–Crippen LogP) is 4.09. The summed E-state index contributed by atoms with van der Waals surface area (Å²) in [4.78, 5) is 0. The Bertz CT molecular complexity index is 308. The number of unbranched alkanes of at least 4 members (excludes halogenated alkanes) is 9. The van der Waals surface area contributed by atoms with Gasteiger partial charge in [-0.25, -0.2) is 0 Å². The summed E-state index contributed by atoms with van der Waals surface area (Å²) < 4.78 is 0. The highest BCUT2D eigenvalue weighted by Gasteiger charge is 2.12. The van der Waals surface area contributed by atoms with Crippen LogP contribution in [0.2, 0.25) is 0 Å². The third-order valence-corrected chi connectivity index (χ3v) is 3.61. The standard InChI is InChI=1S/C15H28N2/c1-2-3-4-5-6-7-8-9-10-11-12-13-14(16)15(13)17/h16H,2-12,17H2,1H3. The van der Waals surface area contributed by atoms with Crippen LogP contribution in [0.5, 0.6) is 0 Å². The van der Waals surface area contributed by atoms with E-state index in [2.05, 4.69) is 6.92 Å². The van der Waals surface area contributed by atoms with Crippen LogP contribution in [0.4, 0.5) is 5.69 Å². The van der Waals surface area contributed by atoms with Gasteiger partial charge in [-0.2, -0.15) is 0 Å². The molecule has 0 unspecified atom stereocenters. The molecule has 0 aliphatic carbocycles. The van der Waals surface area contributed by atoms with Gasteiger partial charge in [-0.1, -0.05) is 64.7 Å². The molecule has 3 N–H and O–H groups in total. The molecule has 98 valence electrons. The zero-order chi connectivity index (χ0) is 12.5. The van der Waals surface area contributed by atoms with Crippen molar-refractivity contribution in [2.24, 2.45) is 0 Å². The van der Waals surface area contributed by atoms with Gasteiger partial charge in [-0.05, 0) is 12.8 Å². The van der Waals surface area contributed by atoms with Crippen molar-refractivity contribution in [1.29, 1.82) is 5.41 Å². The molecule has 1 rings (SSSR count). The summed E-state index contributed by atoms with van der Waals surface area (Å²) in [6.45, 7) is 2.27. The molecule has 0 aliphatic rings. The van der Waals surface area contributed by atoms with Gasteiger partial charge in [0.25, 0.3) is 0 Å². The average Bonchev–Trinajstić information content (AvgIpc) is 2.89. The third kappa shape index (κ3) is 5.90. The number of nitrogens with one attached hydrogen (secondary N) is 1. The van der Waals surface area contributed by atoms with E-state index < -0.39 is 0 Å². The molecule has 0 spiro atoms. The van der Waals surface area contributed by atoms with Crippen LogP contribution in [0.25, 0.3) is 0 Å². The monoisotopic (exact) mass is 236 g/mol. The van der Waals surface area contributed by atoms with Gasteiger partial charge in [0, 0.05) is 5.56 Å². The quantitative estimate of drug-likeness (QED) is 0.559. The molecule has 2 nitrogen and oxygen atoms in total. The minimum atomic E-state index is 0.626. The lowest BCUT2D eigenvalue weighted by molar-refractivity contribution is 0.557. The van der Waals surface area contributed by atoms with Gasteiger partial charge >= 0.3 is 0 Å². The number of hydrogen-bond acceptors (Lipinski definition) is 2. The number of anilines is 1. The first-order chi connectivity index (χ1) is 8.27. The van der Waals surface area contributed by atoms with E-state index >= 15 is 0 Å². The fraction of sp³-hybridized carbons (Fsp3) is 0.800. The summed E-state index contributed by atoms with van der Waals surface area (Å²) in [5, 5.41) is 8.03. The molecule has 0 heterocycles. The van der Waals surface area contributed by atoms with Crippen LogP contribution < -0.4 is 11.1 Å². The zero-order valence-electron chi connectivity index (χ0n) is 11.4. The van der Waals surface area contributed by atoms with Gasteiger partial charge in [-0.15, -0.1) is 0 Å². The van der Waals surface area contributed by atoms with Crippen molar-refractivity contribution in [3.05, 3.63) is 10.9 Å². The van der Waals surface area contributed by atoms with Crippen LogP contribution in [0.3, 0.4) is 0 Å². The minimum Gasteiger partial charge on any atom is -0.397 e. The Balaban J connectivity index is 1.76. The molecule has 0 saturated heterocycles. The van der Waals surface area contributed by atoms with Crippen LogP contribution in [0.15, 0.2) is 0 Å². The van der Waals surface area contributed by atoms with Gasteiger partial charge < -0.3 is 5.73 Å². The zero-order valence-corrected chi connectivity index (χ0v) is 11.4. The van der Waals surface area contributed by atoms with Gasteiger partial charge in [0.1, 0.15) is 0 Å². The van der Waals surface area contributed by atoms with Crippen molar-refractivity contribution in [2.75, 3.05) is 5.73 Å². The van der Waals surface area contributed by atoms with Crippen LogP contribution in [0.1, 0.15) is 76.7 Å². The van der Waals surface area contributed by atoms with Crippen molar-refractivity contribution < 1.29 is 0 Å². The van der Waals surface area contributed by atoms with Crippen molar-refractivity contribution in [3.8, 4) is 0 Å². The number of nitrogen functional groups attached to an aromatic ring is 1. The molecule has 0 aromatic heterocycles. The van der Waals surface area contributed by atoms with Crippen molar-refractivity contribution in [3.63, 3.8) is 0 Å². The fourth-order valence-corrected chi connectivity index (χ4v) is 2.29.